The Morgan fingerprint density at radius 2 is 1.75 bits per heavy atom. The third kappa shape index (κ3) is 3.95. The molecule has 2 aliphatic rings. The van der Waals surface area contributed by atoms with Crippen molar-refractivity contribution >= 4 is 23.5 Å². The molecule has 0 atom stereocenters. The van der Waals surface area contributed by atoms with Crippen LogP contribution in [0.2, 0.25) is 5.28 Å². The van der Waals surface area contributed by atoms with Crippen LogP contribution in [0, 0.1) is 11.8 Å². The van der Waals surface area contributed by atoms with Crippen molar-refractivity contribution in [3.05, 3.63) is 5.28 Å². The van der Waals surface area contributed by atoms with E-state index in [9.17, 15) is 0 Å². The van der Waals surface area contributed by atoms with Crippen LogP contribution in [0.3, 0.4) is 0 Å². The summed E-state index contributed by atoms with van der Waals surface area (Å²) in [5.74, 6) is 2.97. The predicted octanol–water partition coefficient (Wildman–Crippen LogP) is 2.97. The van der Waals surface area contributed by atoms with Crippen LogP contribution in [0.15, 0.2) is 0 Å². The highest BCUT2D eigenvalue weighted by Crippen LogP contribution is 2.35. The number of anilines is 2. The number of aromatic nitrogens is 3. The number of rotatable bonds is 8. The highest BCUT2D eigenvalue weighted by Gasteiger charge is 2.30. The third-order valence-corrected chi connectivity index (χ3v) is 3.93. The molecule has 0 aromatic carbocycles. The molecule has 110 valence electrons. The number of halogens is 1. The van der Waals surface area contributed by atoms with Gasteiger partial charge in [-0.2, -0.15) is 15.0 Å². The van der Waals surface area contributed by atoms with Gasteiger partial charge < -0.3 is 10.2 Å². The molecule has 0 spiro atoms. The number of nitrogens with one attached hydrogen (secondary N) is 1. The maximum atomic E-state index is 6.05. The van der Waals surface area contributed by atoms with Crippen LogP contribution >= 0.6 is 11.6 Å². The molecule has 2 saturated carbocycles. The molecule has 2 fully saturated rings. The topological polar surface area (TPSA) is 53.9 Å². The molecular formula is C14H22ClN5. The van der Waals surface area contributed by atoms with E-state index in [1.54, 1.807) is 0 Å². The summed E-state index contributed by atoms with van der Waals surface area (Å²) in [6, 6.07) is 0. The summed E-state index contributed by atoms with van der Waals surface area (Å²) >= 11 is 6.05. The Kier molecular flexibility index (Phi) is 4.24. The monoisotopic (exact) mass is 295 g/mol. The fraction of sp³-hybridized carbons (Fsp3) is 0.786. The second-order valence-corrected chi connectivity index (χ2v) is 6.28. The quantitative estimate of drug-likeness (QED) is 0.799. The standard InChI is InChI=1S/C14H22ClN5/c1-2-7-16-13-17-12(15)18-14(19-13)20(8-10-3-4-10)9-11-5-6-11/h10-11H,2-9H2,1H3,(H,16,17,18,19). The fourth-order valence-electron chi connectivity index (χ4n) is 2.26. The Labute approximate surface area is 125 Å². The van der Waals surface area contributed by atoms with Gasteiger partial charge in [-0.15, -0.1) is 0 Å². The first-order valence-electron chi connectivity index (χ1n) is 7.65. The van der Waals surface area contributed by atoms with E-state index in [0.717, 1.165) is 43.8 Å². The van der Waals surface area contributed by atoms with Gasteiger partial charge in [0, 0.05) is 19.6 Å². The summed E-state index contributed by atoms with van der Waals surface area (Å²) in [7, 11) is 0. The van der Waals surface area contributed by atoms with Crippen molar-refractivity contribution in [2.24, 2.45) is 11.8 Å². The molecule has 1 heterocycles. The zero-order valence-corrected chi connectivity index (χ0v) is 12.7. The van der Waals surface area contributed by atoms with E-state index >= 15 is 0 Å². The fourth-order valence-corrected chi connectivity index (χ4v) is 2.41. The second-order valence-electron chi connectivity index (χ2n) is 5.95. The molecule has 0 aliphatic heterocycles. The Balaban J connectivity index is 1.74. The summed E-state index contributed by atoms with van der Waals surface area (Å²) in [6.07, 6.45) is 6.37. The molecular weight excluding hydrogens is 274 g/mol. The van der Waals surface area contributed by atoms with Gasteiger partial charge in [0.05, 0.1) is 0 Å². The van der Waals surface area contributed by atoms with Gasteiger partial charge in [0.25, 0.3) is 0 Å². The summed E-state index contributed by atoms with van der Waals surface area (Å²) < 4.78 is 0. The van der Waals surface area contributed by atoms with Crippen molar-refractivity contribution < 1.29 is 0 Å². The average Bonchev–Trinajstić information content (AvgIpc) is 3.30. The molecule has 1 aromatic heterocycles. The molecule has 0 bridgehead atoms. The van der Waals surface area contributed by atoms with Crippen molar-refractivity contribution in [3.63, 3.8) is 0 Å². The predicted molar refractivity (Wildman–Crippen MR) is 81.3 cm³/mol. The number of hydrogen-bond donors (Lipinski definition) is 1. The Hall–Kier alpha value is -1.10. The van der Waals surface area contributed by atoms with Gasteiger partial charge in [0.2, 0.25) is 17.2 Å². The zero-order chi connectivity index (χ0) is 13.9. The maximum absolute atomic E-state index is 6.05. The van der Waals surface area contributed by atoms with Crippen LogP contribution in [0.4, 0.5) is 11.9 Å². The zero-order valence-electron chi connectivity index (χ0n) is 12.0. The summed E-state index contributed by atoms with van der Waals surface area (Å²) in [6.45, 7) is 5.09. The van der Waals surface area contributed by atoms with Crippen molar-refractivity contribution in [2.45, 2.75) is 39.0 Å². The van der Waals surface area contributed by atoms with E-state index in [4.69, 9.17) is 11.6 Å². The first kappa shape index (κ1) is 13.9. The van der Waals surface area contributed by atoms with Crippen molar-refractivity contribution in [1.82, 2.24) is 15.0 Å². The number of hydrogen-bond acceptors (Lipinski definition) is 5. The molecule has 6 heteroatoms. The Morgan fingerprint density at radius 1 is 1.10 bits per heavy atom. The molecule has 0 amide bonds. The minimum absolute atomic E-state index is 0.283. The molecule has 2 aliphatic carbocycles. The Bertz CT molecular complexity index is 445. The van der Waals surface area contributed by atoms with Gasteiger partial charge in [-0.05, 0) is 55.5 Å². The molecule has 20 heavy (non-hydrogen) atoms. The van der Waals surface area contributed by atoms with Crippen molar-refractivity contribution in [3.8, 4) is 0 Å². The third-order valence-electron chi connectivity index (χ3n) is 3.76. The first-order chi connectivity index (χ1) is 9.74. The van der Waals surface area contributed by atoms with Crippen molar-refractivity contribution in [1.29, 1.82) is 0 Å². The molecule has 0 unspecified atom stereocenters. The second kappa shape index (κ2) is 6.12. The van der Waals surface area contributed by atoms with Gasteiger partial charge in [0.15, 0.2) is 0 Å². The van der Waals surface area contributed by atoms with Gasteiger partial charge in [-0.3, -0.25) is 0 Å². The van der Waals surface area contributed by atoms with Gasteiger partial charge in [-0.1, -0.05) is 6.92 Å². The van der Waals surface area contributed by atoms with Gasteiger partial charge >= 0.3 is 0 Å². The minimum atomic E-state index is 0.283. The first-order valence-corrected chi connectivity index (χ1v) is 8.02. The van der Waals surface area contributed by atoms with Gasteiger partial charge in [-0.25, -0.2) is 0 Å². The minimum Gasteiger partial charge on any atom is -0.354 e. The lowest BCUT2D eigenvalue weighted by molar-refractivity contribution is 0.660. The van der Waals surface area contributed by atoms with E-state index in [1.807, 2.05) is 0 Å². The van der Waals surface area contributed by atoms with Gasteiger partial charge in [0.1, 0.15) is 0 Å². The van der Waals surface area contributed by atoms with E-state index in [-0.39, 0.29) is 5.28 Å². The summed E-state index contributed by atoms with van der Waals surface area (Å²) in [5.41, 5.74) is 0. The highest BCUT2D eigenvalue weighted by molar-refractivity contribution is 6.28. The van der Waals surface area contributed by atoms with Crippen molar-refractivity contribution in [2.75, 3.05) is 29.9 Å². The normalized spacial score (nSPS) is 18.1. The smallest absolute Gasteiger partial charge is 0.231 e. The lowest BCUT2D eigenvalue weighted by Crippen LogP contribution is -2.30. The number of nitrogens with zero attached hydrogens (tertiary/aromatic N) is 4. The molecule has 5 nitrogen and oxygen atoms in total. The highest BCUT2D eigenvalue weighted by atomic mass is 35.5. The maximum Gasteiger partial charge on any atom is 0.231 e. The van der Waals surface area contributed by atoms with Crippen LogP contribution in [0.1, 0.15) is 39.0 Å². The van der Waals surface area contributed by atoms with E-state index in [1.165, 1.54) is 25.7 Å². The molecule has 3 rings (SSSR count). The SMILES string of the molecule is CCCNc1nc(Cl)nc(N(CC2CC2)CC2CC2)n1. The van der Waals surface area contributed by atoms with E-state index < -0.39 is 0 Å². The summed E-state index contributed by atoms with van der Waals surface area (Å²) in [4.78, 5) is 15.3. The lowest BCUT2D eigenvalue weighted by atomic mass is 10.3. The van der Waals surface area contributed by atoms with Crippen LogP contribution in [-0.4, -0.2) is 34.6 Å². The van der Waals surface area contributed by atoms with E-state index in [2.05, 4.69) is 32.1 Å². The molecule has 0 radical (unpaired) electrons. The van der Waals surface area contributed by atoms with Crippen LogP contribution in [0.5, 0.6) is 0 Å². The van der Waals surface area contributed by atoms with Crippen LogP contribution < -0.4 is 10.2 Å². The molecule has 1 aromatic rings. The molecule has 1 N–H and O–H groups in total. The summed E-state index contributed by atoms with van der Waals surface area (Å²) in [5, 5.41) is 3.48. The average molecular weight is 296 g/mol. The largest absolute Gasteiger partial charge is 0.354 e. The van der Waals surface area contributed by atoms with E-state index in [0.29, 0.717) is 5.95 Å². The molecule has 0 saturated heterocycles. The van der Waals surface area contributed by atoms with Crippen LogP contribution in [0.25, 0.3) is 0 Å². The Morgan fingerprint density at radius 3 is 2.30 bits per heavy atom. The lowest BCUT2D eigenvalue weighted by Gasteiger charge is -2.22. The van der Waals surface area contributed by atoms with Crippen LogP contribution in [-0.2, 0) is 0 Å².